The highest BCUT2D eigenvalue weighted by Gasteiger charge is 2.44. The van der Waals surface area contributed by atoms with E-state index in [1.165, 1.54) is 218 Å². The summed E-state index contributed by atoms with van der Waals surface area (Å²) in [7, 11) is 0. The van der Waals surface area contributed by atoms with E-state index in [9.17, 15) is 30.3 Å². The third-order valence-corrected chi connectivity index (χ3v) is 13.6. The molecule has 0 saturated carbocycles. The summed E-state index contributed by atoms with van der Waals surface area (Å²) in [6.45, 7) is 3.78. The van der Waals surface area contributed by atoms with Crippen LogP contribution in [0.1, 0.15) is 277 Å². The molecule has 380 valence electrons. The lowest BCUT2D eigenvalue weighted by molar-refractivity contribution is -0.302. The summed E-state index contributed by atoms with van der Waals surface area (Å²) in [5, 5.41) is 54.2. The number of hydrogen-bond acceptors (Lipinski definition) is 8. The van der Waals surface area contributed by atoms with Crippen molar-refractivity contribution >= 4 is 5.91 Å². The molecule has 1 aliphatic rings. The minimum Gasteiger partial charge on any atom is -0.394 e. The molecule has 0 aliphatic carbocycles. The first kappa shape index (κ1) is 60.9. The molecule has 0 radical (unpaired) electrons. The molecule has 0 aromatic carbocycles. The van der Waals surface area contributed by atoms with Gasteiger partial charge in [0.25, 0.3) is 0 Å². The lowest BCUT2D eigenvalue weighted by Crippen LogP contribution is -2.60. The van der Waals surface area contributed by atoms with E-state index in [0.29, 0.717) is 6.42 Å². The van der Waals surface area contributed by atoms with E-state index in [1.54, 1.807) is 6.08 Å². The molecule has 1 fully saturated rings. The minimum atomic E-state index is -1.56. The highest BCUT2D eigenvalue weighted by molar-refractivity contribution is 5.76. The van der Waals surface area contributed by atoms with Crippen LogP contribution in [0.3, 0.4) is 0 Å². The van der Waals surface area contributed by atoms with E-state index in [4.69, 9.17) is 9.47 Å². The van der Waals surface area contributed by atoms with Gasteiger partial charge in [0.15, 0.2) is 6.29 Å². The van der Waals surface area contributed by atoms with Crippen molar-refractivity contribution < 1.29 is 39.8 Å². The number of aliphatic hydroxyl groups excluding tert-OH is 5. The molecule has 0 bridgehead atoms. The second-order valence-corrected chi connectivity index (χ2v) is 19.7. The number of ether oxygens (including phenoxy) is 2. The second-order valence-electron chi connectivity index (χ2n) is 19.7. The molecule has 0 aromatic rings. The average molecular weight is 910 g/mol. The maximum Gasteiger partial charge on any atom is 0.220 e. The number of amides is 1. The van der Waals surface area contributed by atoms with Crippen molar-refractivity contribution in [3.8, 4) is 0 Å². The molecule has 9 nitrogen and oxygen atoms in total. The quantitative estimate of drug-likeness (QED) is 0.0261. The van der Waals surface area contributed by atoms with Gasteiger partial charge in [-0.05, 0) is 19.3 Å². The van der Waals surface area contributed by atoms with E-state index in [-0.39, 0.29) is 12.5 Å². The van der Waals surface area contributed by atoms with Crippen LogP contribution in [0.15, 0.2) is 12.2 Å². The number of rotatable bonds is 48. The Labute approximate surface area is 395 Å². The van der Waals surface area contributed by atoms with Crippen molar-refractivity contribution in [2.75, 3.05) is 13.2 Å². The zero-order valence-corrected chi connectivity index (χ0v) is 42.1. The van der Waals surface area contributed by atoms with E-state index >= 15 is 0 Å². The number of unbranched alkanes of at least 4 members (excludes halogenated alkanes) is 38. The van der Waals surface area contributed by atoms with Crippen LogP contribution in [0.5, 0.6) is 0 Å². The van der Waals surface area contributed by atoms with Gasteiger partial charge in [0.1, 0.15) is 24.4 Å². The lowest BCUT2D eigenvalue weighted by Gasteiger charge is -2.40. The predicted octanol–water partition coefficient (Wildman–Crippen LogP) is 13.2. The maximum absolute atomic E-state index is 13.0. The number of carbonyl (C=O) groups is 1. The molecule has 0 spiro atoms. The molecule has 9 heteroatoms. The van der Waals surface area contributed by atoms with Crippen molar-refractivity contribution in [1.82, 2.24) is 5.32 Å². The number of hydrogen-bond donors (Lipinski definition) is 6. The van der Waals surface area contributed by atoms with Crippen molar-refractivity contribution in [2.24, 2.45) is 0 Å². The van der Waals surface area contributed by atoms with Crippen LogP contribution in [0.2, 0.25) is 0 Å². The molecule has 6 N–H and O–H groups in total. The molecule has 7 atom stereocenters. The van der Waals surface area contributed by atoms with Gasteiger partial charge in [-0.3, -0.25) is 4.79 Å². The van der Waals surface area contributed by atoms with Crippen LogP contribution in [-0.4, -0.2) is 87.5 Å². The SMILES string of the molecule is CCCCCCCCCC/C=C/[C@@H](O)[C@H](CO[C@@H]1O[C@H](CO)[C@H](O)C(O)C1O)NC(=O)CCCCCCCCCCCCCCCCCCCCCCCCCCCCCCCCC. The van der Waals surface area contributed by atoms with Crippen LogP contribution in [-0.2, 0) is 14.3 Å². The van der Waals surface area contributed by atoms with E-state index in [2.05, 4.69) is 19.2 Å². The number of aliphatic hydroxyl groups is 5. The highest BCUT2D eigenvalue weighted by Crippen LogP contribution is 2.23. The van der Waals surface area contributed by atoms with Crippen molar-refractivity contribution in [3.63, 3.8) is 0 Å². The van der Waals surface area contributed by atoms with E-state index < -0.39 is 49.5 Å². The average Bonchev–Trinajstić information content (AvgIpc) is 3.29. The molecule has 1 saturated heterocycles. The maximum atomic E-state index is 13.0. The first-order valence-corrected chi connectivity index (χ1v) is 27.9. The minimum absolute atomic E-state index is 0.173. The molecule has 1 aliphatic heterocycles. The Kier molecular flexibility index (Phi) is 43.5. The Bertz CT molecular complexity index is 1010. The van der Waals surface area contributed by atoms with E-state index in [1.807, 2.05) is 6.08 Å². The summed E-state index contributed by atoms with van der Waals surface area (Å²) >= 11 is 0. The van der Waals surface area contributed by atoms with Gasteiger partial charge < -0.3 is 40.3 Å². The van der Waals surface area contributed by atoms with Crippen molar-refractivity contribution in [2.45, 2.75) is 320 Å². The van der Waals surface area contributed by atoms with Gasteiger partial charge in [-0.25, -0.2) is 0 Å². The Morgan fingerprint density at radius 3 is 1.22 bits per heavy atom. The van der Waals surface area contributed by atoms with Crippen LogP contribution >= 0.6 is 0 Å². The summed E-state index contributed by atoms with van der Waals surface area (Å²) < 4.78 is 11.2. The molecule has 1 amide bonds. The second kappa shape index (κ2) is 45.7. The van der Waals surface area contributed by atoms with Crippen LogP contribution in [0, 0.1) is 0 Å². The summed E-state index contributed by atoms with van der Waals surface area (Å²) in [5.74, 6) is -0.173. The fraction of sp³-hybridized carbons (Fsp3) is 0.945. The van der Waals surface area contributed by atoms with Gasteiger partial charge >= 0.3 is 0 Å². The largest absolute Gasteiger partial charge is 0.394 e. The van der Waals surface area contributed by atoms with Gasteiger partial charge in [0.05, 0.1) is 25.4 Å². The highest BCUT2D eigenvalue weighted by atomic mass is 16.7. The Balaban J connectivity index is 2.08. The number of allylic oxidation sites excluding steroid dienone is 1. The van der Waals surface area contributed by atoms with Gasteiger partial charge in [-0.15, -0.1) is 0 Å². The monoisotopic (exact) mass is 910 g/mol. The Morgan fingerprint density at radius 1 is 0.516 bits per heavy atom. The summed E-state index contributed by atoms with van der Waals surface area (Å²) in [6, 6.07) is -0.798. The Hall–Kier alpha value is -1.07. The molecule has 2 unspecified atom stereocenters. The molecule has 64 heavy (non-hydrogen) atoms. The first-order chi connectivity index (χ1) is 31.3. The van der Waals surface area contributed by atoms with Gasteiger partial charge in [-0.2, -0.15) is 0 Å². The van der Waals surface area contributed by atoms with Crippen LogP contribution < -0.4 is 5.32 Å². The smallest absolute Gasteiger partial charge is 0.220 e. The predicted molar refractivity (Wildman–Crippen MR) is 267 cm³/mol. The van der Waals surface area contributed by atoms with Crippen LogP contribution in [0.25, 0.3) is 0 Å². The summed E-state index contributed by atoms with van der Waals surface area (Å²) in [6.07, 6.45) is 48.8. The lowest BCUT2D eigenvalue weighted by atomic mass is 9.99. The third kappa shape index (κ3) is 35.1. The molecular weight excluding hydrogens is 803 g/mol. The molecule has 1 heterocycles. The molecular formula is C55H107NO8. The summed E-state index contributed by atoms with van der Waals surface area (Å²) in [4.78, 5) is 13.0. The first-order valence-electron chi connectivity index (χ1n) is 27.9. The van der Waals surface area contributed by atoms with E-state index in [0.717, 1.165) is 38.5 Å². The Morgan fingerprint density at radius 2 is 0.859 bits per heavy atom. The zero-order chi connectivity index (χ0) is 46.6. The normalized spacial score (nSPS) is 20.0. The van der Waals surface area contributed by atoms with Crippen molar-refractivity contribution in [1.29, 1.82) is 0 Å². The zero-order valence-electron chi connectivity index (χ0n) is 42.1. The summed E-state index contributed by atoms with van der Waals surface area (Å²) in [5.41, 5.74) is 0. The van der Waals surface area contributed by atoms with Gasteiger partial charge in [0.2, 0.25) is 5.91 Å². The van der Waals surface area contributed by atoms with Crippen molar-refractivity contribution in [3.05, 3.63) is 12.2 Å². The van der Waals surface area contributed by atoms with Gasteiger partial charge in [0, 0.05) is 6.42 Å². The van der Waals surface area contributed by atoms with Gasteiger partial charge in [-0.1, -0.05) is 264 Å². The fourth-order valence-electron chi connectivity index (χ4n) is 9.16. The number of carbonyl (C=O) groups excluding carboxylic acids is 1. The molecule has 0 aromatic heterocycles. The third-order valence-electron chi connectivity index (χ3n) is 13.6. The molecule has 1 rings (SSSR count). The fourth-order valence-corrected chi connectivity index (χ4v) is 9.16. The van der Waals surface area contributed by atoms with Crippen LogP contribution in [0.4, 0.5) is 0 Å². The standard InChI is InChI=1S/C55H107NO8/c1-3-5-7-9-11-13-15-16-17-18-19-20-21-22-23-24-25-26-27-28-29-30-31-32-33-34-35-37-39-41-43-45-51(59)56-48(47-63-55-54(62)53(61)52(60)50(46-57)64-55)49(58)44-42-40-38-36-14-12-10-8-6-4-2/h42,44,48-50,52-55,57-58,60-62H,3-41,43,45-47H2,1-2H3,(H,56,59)/b44-42+/t48-,49+,50+,52-,53?,54?,55+/m0/s1. The number of nitrogens with one attached hydrogen (secondary N) is 1. The topological polar surface area (TPSA) is 149 Å².